The number of nitrogens with zero attached hydrogens (tertiary/aromatic N) is 1. The summed E-state index contributed by atoms with van der Waals surface area (Å²) in [6.07, 6.45) is 3.82. The number of benzene rings is 2. The van der Waals surface area contributed by atoms with Crippen molar-refractivity contribution in [3.05, 3.63) is 71.8 Å². The van der Waals surface area contributed by atoms with Gasteiger partial charge in [0.25, 0.3) is 0 Å². The van der Waals surface area contributed by atoms with Gasteiger partial charge in [0.1, 0.15) is 5.75 Å². The Balaban J connectivity index is 2.01. The predicted octanol–water partition coefficient (Wildman–Crippen LogP) is 4.12. The van der Waals surface area contributed by atoms with Crippen LogP contribution in [-0.2, 0) is 0 Å². The highest BCUT2D eigenvalue weighted by Crippen LogP contribution is 2.16. The van der Waals surface area contributed by atoms with Gasteiger partial charge < -0.3 is 4.74 Å². The third kappa shape index (κ3) is 4.32. The average molecular weight is 291 g/mol. The van der Waals surface area contributed by atoms with E-state index in [9.17, 15) is 10.1 Å². The minimum atomic E-state index is -0.435. The molecular weight excluding hydrogens is 274 g/mol. The number of methoxy groups -OCH3 is 1. The Hall–Kier alpha value is -2.86. The van der Waals surface area contributed by atoms with Gasteiger partial charge in [0.15, 0.2) is 5.78 Å². The van der Waals surface area contributed by atoms with Gasteiger partial charge in [-0.25, -0.2) is 0 Å². The van der Waals surface area contributed by atoms with Crippen LogP contribution in [0.5, 0.6) is 5.75 Å². The number of ketones is 1. The number of carbonyl (C=O) groups excluding carboxylic acids is 1. The molecule has 22 heavy (non-hydrogen) atoms. The van der Waals surface area contributed by atoms with E-state index in [1.165, 1.54) is 0 Å². The number of nitriles is 1. The predicted molar refractivity (Wildman–Crippen MR) is 86.5 cm³/mol. The van der Waals surface area contributed by atoms with Gasteiger partial charge in [0.05, 0.1) is 19.1 Å². The molecule has 0 aliphatic heterocycles. The summed E-state index contributed by atoms with van der Waals surface area (Å²) in [7, 11) is 1.58. The fourth-order valence-electron chi connectivity index (χ4n) is 2.04. The van der Waals surface area contributed by atoms with Crippen molar-refractivity contribution in [1.29, 1.82) is 5.26 Å². The quantitative estimate of drug-likeness (QED) is 0.752. The van der Waals surface area contributed by atoms with Crippen molar-refractivity contribution in [2.75, 3.05) is 7.11 Å². The fourth-order valence-corrected chi connectivity index (χ4v) is 2.04. The van der Waals surface area contributed by atoms with Gasteiger partial charge in [-0.3, -0.25) is 4.79 Å². The Morgan fingerprint density at radius 3 is 2.45 bits per heavy atom. The van der Waals surface area contributed by atoms with E-state index in [-0.39, 0.29) is 12.2 Å². The number of hydrogen-bond donors (Lipinski definition) is 0. The number of hydrogen-bond acceptors (Lipinski definition) is 3. The van der Waals surface area contributed by atoms with Crippen LogP contribution in [0.25, 0.3) is 6.08 Å². The molecule has 0 saturated carbocycles. The van der Waals surface area contributed by atoms with E-state index in [0.29, 0.717) is 11.3 Å². The molecule has 0 spiro atoms. The molecule has 1 unspecified atom stereocenters. The van der Waals surface area contributed by atoms with Gasteiger partial charge in [-0.05, 0) is 29.8 Å². The van der Waals surface area contributed by atoms with Crippen LogP contribution in [-0.4, -0.2) is 12.9 Å². The average Bonchev–Trinajstić information content (AvgIpc) is 2.59. The van der Waals surface area contributed by atoms with Gasteiger partial charge in [0, 0.05) is 12.0 Å². The Morgan fingerprint density at radius 2 is 1.86 bits per heavy atom. The van der Waals surface area contributed by atoms with Gasteiger partial charge in [-0.15, -0.1) is 0 Å². The molecule has 0 N–H and O–H groups in total. The van der Waals surface area contributed by atoms with E-state index in [4.69, 9.17) is 4.74 Å². The number of allylic oxidation sites excluding steroid dienone is 1. The number of ether oxygens (including phenoxy) is 1. The van der Waals surface area contributed by atoms with E-state index in [0.717, 1.165) is 5.56 Å². The van der Waals surface area contributed by atoms with E-state index >= 15 is 0 Å². The van der Waals surface area contributed by atoms with E-state index < -0.39 is 5.92 Å². The van der Waals surface area contributed by atoms with Crippen molar-refractivity contribution in [2.24, 2.45) is 5.92 Å². The zero-order valence-corrected chi connectivity index (χ0v) is 12.4. The number of Topliss-reactive ketones (excluding diaryl/α,β-unsaturated/α-hetero) is 1. The van der Waals surface area contributed by atoms with E-state index in [1.807, 2.05) is 36.4 Å². The third-order valence-electron chi connectivity index (χ3n) is 3.30. The van der Waals surface area contributed by atoms with Crippen LogP contribution in [0.3, 0.4) is 0 Å². The first-order valence-electron chi connectivity index (χ1n) is 7.03. The first kappa shape index (κ1) is 15.5. The monoisotopic (exact) mass is 291 g/mol. The lowest BCUT2D eigenvalue weighted by Crippen LogP contribution is -2.05. The second kappa shape index (κ2) is 7.80. The second-order valence-electron chi connectivity index (χ2n) is 4.86. The van der Waals surface area contributed by atoms with Crippen molar-refractivity contribution in [2.45, 2.75) is 6.42 Å². The zero-order valence-electron chi connectivity index (χ0n) is 12.4. The fraction of sp³-hybridized carbons (Fsp3) is 0.158. The lowest BCUT2D eigenvalue weighted by molar-refractivity contribution is 0.0976. The van der Waals surface area contributed by atoms with Crippen molar-refractivity contribution >= 4 is 11.9 Å². The minimum Gasteiger partial charge on any atom is -0.497 e. The summed E-state index contributed by atoms with van der Waals surface area (Å²) in [6, 6.07) is 18.8. The number of rotatable bonds is 6. The molecular formula is C19H17NO2. The Morgan fingerprint density at radius 1 is 1.18 bits per heavy atom. The molecule has 0 amide bonds. The Kier molecular flexibility index (Phi) is 5.50. The molecule has 0 fully saturated rings. The second-order valence-corrected chi connectivity index (χ2v) is 4.86. The van der Waals surface area contributed by atoms with Crippen LogP contribution in [0.4, 0.5) is 0 Å². The maximum absolute atomic E-state index is 12.2. The largest absolute Gasteiger partial charge is 0.497 e. The molecule has 0 aliphatic carbocycles. The maximum atomic E-state index is 12.2. The molecule has 3 nitrogen and oxygen atoms in total. The van der Waals surface area contributed by atoms with Gasteiger partial charge >= 0.3 is 0 Å². The molecule has 0 aromatic heterocycles. The lowest BCUT2D eigenvalue weighted by atomic mass is 9.98. The topological polar surface area (TPSA) is 50.1 Å². The highest BCUT2D eigenvalue weighted by molar-refractivity contribution is 5.96. The zero-order chi connectivity index (χ0) is 15.8. The molecule has 2 aromatic rings. The summed E-state index contributed by atoms with van der Waals surface area (Å²) in [5.41, 5.74) is 1.61. The van der Waals surface area contributed by atoms with E-state index in [1.54, 1.807) is 37.5 Å². The first-order chi connectivity index (χ1) is 10.7. The van der Waals surface area contributed by atoms with Crippen LogP contribution in [0.15, 0.2) is 60.7 Å². The highest BCUT2D eigenvalue weighted by Gasteiger charge is 2.12. The summed E-state index contributed by atoms with van der Waals surface area (Å²) >= 11 is 0. The van der Waals surface area contributed by atoms with Crippen LogP contribution in [0, 0.1) is 17.2 Å². The molecule has 110 valence electrons. The molecule has 0 aliphatic rings. The Bertz CT molecular complexity index is 682. The summed E-state index contributed by atoms with van der Waals surface area (Å²) in [6.45, 7) is 0. The van der Waals surface area contributed by atoms with Crippen molar-refractivity contribution in [3.8, 4) is 11.8 Å². The SMILES string of the molecule is COc1ccc(C(=O)CC(C#N)/C=C/c2ccccc2)cc1. The molecule has 0 bridgehead atoms. The summed E-state index contributed by atoms with van der Waals surface area (Å²) < 4.78 is 5.06. The number of carbonyl (C=O) groups is 1. The van der Waals surface area contributed by atoms with Crippen molar-refractivity contribution < 1.29 is 9.53 Å². The summed E-state index contributed by atoms with van der Waals surface area (Å²) in [4.78, 5) is 12.2. The molecule has 2 aromatic carbocycles. The molecule has 0 heterocycles. The molecule has 3 heteroatoms. The summed E-state index contributed by atoms with van der Waals surface area (Å²) in [5, 5.41) is 9.21. The van der Waals surface area contributed by atoms with E-state index in [2.05, 4.69) is 6.07 Å². The highest BCUT2D eigenvalue weighted by atomic mass is 16.5. The van der Waals surface area contributed by atoms with Crippen LogP contribution < -0.4 is 4.74 Å². The molecule has 0 saturated heterocycles. The first-order valence-corrected chi connectivity index (χ1v) is 7.03. The molecule has 1 atom stereocenters. The molecule has 0 radical (unpaired) electrons. The normalized spacial score (nSPS) is 11.8. The Labute approximate surface area is 130 Å². The van der Waals surface area contributed by atoms with Gasteiger partial charge in [-0.1, -0.05) is 42.5 Å². The van der Waals surface area contributed by atoms with Gasteiger partial charge in [-0.2, -0.15) is 5.26 Å². The third-order valence-corrected chi connectivity index (χ3v) is 3.30. The molecule has 2 rings (SSSR count). The smallest absolute Gasteiger partial charge is 0.164 e. The van der Waals surface area contributed by atoms with Crippen molar-refractivity contribution in [1.82, 2.24) is 0 Å². The van der Waals surface area contributed by atoms with Crippen LogP contribution in [0.2, 0.25) is 0 Å². The van der Waals surface area contributed by atoms with Crippen LogP contribution >= 0.6 is 0 Å². The lowest BCUT2D eigenvalue weighted by Gasteiger charge is -2.05. The maximum Gasteiger partial charge on any atom is 0.164 e. The van der Waals surface area contributed by atoms with Crippen LogP contribution in [0.1, 0.15) is 22.3 Å². The standard InChI is InChI=1S/C19H17NO2/c1-22-18-11-9-17(10-12-18)19(21)13-16(14-20)8-7-15-5-3-2-4-6-15/h2-12,16H,13H2,1H3/b8-7+. The summed E-state index contributed by atoms with van der Waals surface area (Å²) in [5.74, 6) is 0.221. The van der Waals surface area contributed by atoms with Gasteiger partial charge in [0.2, 0.25) is 0 Å². The minimum absolute atomic E-state index is 0.0492. The van der Waals surface area contributed by atoms with Crippen molar-refractivity contribution in [3.63, 3.8) is 0 Å².